The number of hydrogen-bond acceptors (Lipinski definition) is 3. The monoisotopic (exact) mass is 303 g/mol. The maximum atomic E-state index is 12.5. The summed E-state index contributed by atoms with van der Waals surface area (Å²) in [7, 11) is 0. The van der Waals surface area contributed by atoms with Crippen LogP contribution >= 0.6 is 0 Å². The van der Waals surface area contributed by atoms with E-state index in [9.17, 15) is 22.8 Å². The van der Waals surface area contributed by atoms with Crippen LogP contribution in [0.15, 0.2) is 30.3 Å². The lowest BCUT2D eigenvalue weighted by Gasteiger charge is -2.19. The van der Waals surface area contributed by atoms with Crippen molar-refractivity contribution in [1.82, 2.24) is 5.32 Å². The number of hydrogen-bond donors (Lipinski definition) is 1. The third-order valence-corrected chi connectivity index (χ3v) is 2.51. The van der Waals surface area contributed by atoms with Gasteiger partial charge in [-0.2, -0.15) is 13.2 Å². The van der Waals surface area contributed by atoms with Crippen LogP contribution in [0.3, 0.4) is 0 Å². The van der Waals surface area contributed by atoms with E-state index < -0.39 is 30.5 Å². The highest BCUT2D eigenvalue weighted by Gasteiger charge is 2.37. The number of halogens is 3. The molecule has 0 bridgehead atoms. The Morgan fingerprint density at radius 1 is 1.24 bits per heavy atom. The maximum Gasteiger partial charge on any atom is 0.391 e. The summed E-state index contributed by atoms with van der Waals surface area (Å²) in [6.45, 7) is 1.73. The second-order valence-electron chi connectivity index (χ2n) is 4.38. The molecule has 0 aliphatic heterocycles. The third kappa shape index (κ3) is 6.29. The molecule has 1 atom stereocenters. The van der Waals surface area contributed by atoms with Crippen LogP contribution in [0.1, 0.15) is 30.1 Å². The van der Waals surface area contributed by atoms with E-state index in [1.54, 1.807) is 25.1 Å². The zero-order chi connectivity index (χ0) is 15.9. The van der Waals surface area contributed by atoms with E-state index in [4.69, 9.17) is 0 Å². The van der Waals surface area contributed by atoms with Crippen molar-refractivity contribution in [2.24, 2.45) is 0 Å². The molecule has 0 aromatic heterocycles. The molecule has 0 spiro atoms. The van der Waals surface area contributed by atoms with Crippen molar-refractivity contribution in [1.29, 1.82) is 0 Å². The van der Waals surface area contributed by atoms with Crippen LogP contribution in [-0.4, -0.2) is 30.7 Å². The van der Waals surface area contributed by atoms with Crippen molar-refractivity contribution >= 4 is 11.9 Å². The third-order valence-electron chi connectivity index (χ3n) is 2.51. The maximum absolute atomic E-state index is 12.5. The van der Waals surface area contributed by atoms with Crippen molar-refractivity contribution in [2.45, 2.75) is 32.0 Å². The fourth-order valence-electron chi connectivity index (χ4n) is 1.56. The number of carbonyl (C=O) groups is 2. The van der Waals surface area contributed by atoms with Gasteiger partial charge >= 0.3 is 12.1 Å². The molecule has 4 nitrogen and oxygen atoms in total. The summed E-state index contributed by atoms with van der Waals surface area (Å²) in [5, 5.41) is 2.07. The second kappa shape index (κ2) is 7.66. The van der Waals surface area contributed by atoms with E-state index in [-0.39, 0.29) is 12.2 Å². The van der Waals surface area contributed by atoms with Gasteiger partial charge in [0.2, 0.25) is 0 Å². The van der Waals surface area contributed by atoms with Gasteiger partial charge in [0.25, 0.3) is 5.91 Å². The highest BCUT2D eigenvalue weighted by molar-refractivity contribution is 5.96. The Morgan fingerprint density at radius 3 is 2.38 bits per heavy atom. The minimum Gasteiger partial charge on any atom is -0.464 e. The number of ether oxygens (including phenoxy) is 1. The summed E-state index contributed by atoms with van der Waals surface area (Å²) in [5.41, 5.74) is 0.174. The van der Waals surface area contributed by atoms with Gasteiger partial charge in [0, 0.05) is 5.56 Å². The summed E-state index contributed by atoms with van der Waals surface area (Å²) in [4.78, 5) is 23.4. The van der Waals surface area contributed by atoms with Crippen LogP contribution < -0.4 is 5.32 Å². The molecule has 1 amide bonds. The van der Waals surface area contributed by atoms with Crippen LogP contribution in [0.5, 0.6) is 0 Å². The van der Waals surface area contributed by atoms with Crippen LogP contribution in [-0.2, 0) is 9.53 Å². The van der Waals surface area contributed by atoms with E-state index in [0.717, 1.165) is 0 Å². The Morgan fingerprint density at radius 2 is 1.86 bits per heavy atom. The first-order chi connectivity index (χ1) is 9.83. The van der Waals surface area contributed by atoms with Crippen molar-refractivity contribution in [3.05, 3.63) is 35.9 Å². The highest BCUT2D eigenvalue weighted by atomic mass is 19.4. The first kappa shape index (κ1) is 17.0. The number of alkyl halides is 3. The zero-order valence-corrected chi connectivity index (χ0v) is 11.4. The van der Waals surface area contributed by atoms with Crippen molar-refractivity contribution in [2.75, 3.05) is 6.61 Å². The molecular weight excluding hydrogens is 287 g/mol. The van der Waals surface area contributed by atoms with Crippen LogP contribution in [0.4, 0.5) is 13.2 Å². The van der Waals surface area contributed by atoms with E-state index in [2.05, 4.69) is 10.1 Å². The smallest absolute Gasteiger partial charge is 0.391 e. The lowest BCUT2D eigenvalue weighted by molar-refractivity contribution is -0.162. The van der Waals surface area contributed by atoms with E-state index in [1.807, 2.05) is 0 Å². The largest absolute Gasteiger partial charge is 0.464 e. The summed E-state index contributed by atoms with van der Waals surface area (Å²) < 4.78 is 42.1. The first-order valence-electron chi connectivity index (χ1n) is 6.42. The molecule has 1 N–H and O–H groups in total. The number of carbonyl (C=O) groups excluding carboxylic acids is 2. The molecule has 21 heavy (non-hydrogen) atoms. The number of amides is 1. The molecule has 0 aliphatic rings. The average molecular weight is 303 g/mol. The lowest BCUT2D eigenvalue weighted by Crippen LogP contribution is -2.44. The first-order valence-corrected chi connectivity index (χ1v) is 6.42. The number of benzene rings is 1. The average Bonchev–Trinajstić information content (AvgIpc) is 2.43. The van der Waals surface area contributed by atoms with Gasteiger partial charge in [-0.1, -0.05) is 25.1 Å². The summed E-state index contributed by atoms with van der Waals surface area (Å²) >= 11 is 0. The Hall–Kier alpha value is -2.05. The Kier molecular flexibility index (Phi) is 6.20. The van der Waals surface area contributed by atoms with Gasteiger partial charge in [-0.3, -0.25) is 4.79 Å². The lowest BCUT2D eigenvalue weighted by atomic mass is 10.1. The molecule has 1 aromatic rings. The van der Waals surface area contributed by atoms with E-state index in [1.165, 1.54) is 12.1 Å². The Bertz CT molecular complexity index is 474. The van der Waals surface area contributed by atoms with Gasteiger partial charge in [-0.25, -0.2) is 4.79 Å². The SMILES string of the molecule is CCCOC(=O)C(CC(F)(F)F)NC(=O)c1ccccc1. The minimum absolute atomic E-state index is 0.00833. The molecule has 116 valence electrons. The predicted molar refractivity (Wildman–Crippen MR) is 69.6 cm³/mol. The van der Waals surface area contributed by atoms with Crippen LogP contribution in [0.25, 0.3) is 0 Å². The minimum atomic E-state index is -4.58. The topological polar surface area (TPSA) is 55.4 Å². The fraction of sp³-hybridized carbons (Fsp3) is 0.429. The predicted octanol–water partition coefficient (Wildman–Crippen LogP) is 2.69. The molecule has 0 radical (unpaired) electrons. The highest BCUT2D eigenvalue weighted by Crippen LogP contribution is 2.22. The van der Waals surface area contributed by atoms with Crippen LogP contribution in [0.2, 0.25) is 0 Å². The van der Waals surface area contributed by atoms with Gasteiger partial charge in [0.15, 0.2) is 0 Å². The van der Waals surface area contributed by atoms with Gasteiger partial charge in [-0.15, -0.1) is 0 Å². The zero-order valence-electron chi connectivity index (χ0n) is 11.4. The molecule has 0 heterocycles. The molecule has 0 saturated heterocycles. The van der Waals surface area contributed by atoms with Gasteiger partial charge < -0.3 is 10.1 Å². The van der Waals surface area contributed by atoms with Gasteiger partial charge in [-0.05, 0) is 18.6 Å². The summed E-state index contributed by atoms with van der Waals surface area (Å²) in [6.07, 6.45) is -5.56. The van der Waals surface area contributed by atoms with Gasteiger partial charge in [0.05, 0.1) is 13.0 Å². The standard InChI is InChI=1S/C14H16F3NO3/c1-2-8-21-13(20)11(9-14(15,16)17)18-12(19)10-6-4-3-5-7-10/h3-7,11H,2,8-9H2,1H3,(H,18,19). The van der Waals surface area contributed by atoms with Crippen molar-refractivity contribution < 1.29 is 27.5 Å². The van der Waals surface area contributed by atoms with Crippen molar-refractivity contribution in [3.8, 4) is 0 Å². The molecule has 1 unspecified atom stereocenters. The molecule has 0 fully saturated rings. The molecule has 1 rings (SSSR count). The summed E-state index contributed by atoms with van der Waals surface area (Å²) in [6, 6.07) is 5.95. The number of rotatable bonds is 6. The number of esters is 1. The fourth-order valence-corrected chi connectivity index (χ4v) is 1.56. The van der Waals surface area contributed by atoms with E-state index >= 15 is 0 Å². The van der Waals surface area contributed by atoms with Crippen LogP contribution in [0, 0.1) is 0 Å². The molecule has 0 saturated carbocycles. The molecule has 7 heteroatoms. The quantitative estimate of drug-likeness (QED) is 0.822. The summed E-state index contributed by atoms with van der Waals surface area (Å²) in [5.74, 6) is -1.84. The van der Waals surface area contributed by atoms with E-state index in [0.29, 0.717) is 6.42 Å². The number of nitrogens with one attached hydrogen (secondary N) is 1. The van der Waals surface area contributed by atoms with Gasteiger partial charge in [0.1, 0.15) is 6.04 Å². The Balaban J connectivity index is 2.77. The molecule has 1 aromatic carbocycles. The normalized spacial score (nSPS) is 12.6. The Labute approximate surface area is 120 Å². The second-order valence-corrected chi connectivity index (χ2v) is 4.38. The molecule has 0 aliphatic carbocycles. The molecular formula is C14H16F3NO3. The van der Waals surface area contributed by atoms with Crippen molar-refractivity contribution in [3.63, 3.8) is 0 Å².